The van der Waals surface area contributed by atoms with Gasteiger partial charge in [-0.2, -0.15) is 0 Å². The van der Waals surface area contributed by atoms with Crippen LogP contribution in [-0.2, 0) is 4.79 Å². The lowest BCUT2D eigenvalue weighted by molar-refractivity contribution is -0.113. The number of furan rings is 1. The fourth-order valence-electron chi connectivity index (χ4n) is 2.03. The summed E-state index contributed by atoms with van der Waals surface area (Å²) in [7, 11) is 0. The largest absolute Gasteiger partial charge is 0.465 e. The molecule has 25 heavy (non-hydrogen) atoms. The molecule has 7 heteroatoms. The van der Waals surface area contributed by atoms with E-state index >= 15 is 0 Å². The van der Waals surface area contributed by atoms with E-state index in [0.717, 1.165) is 0 Å². The number of rotatable bonds is 5. The molecule has 3 aromatic rings. The van der Waals surface area contributed by atoms with Crippen molar-refractivity contribution >= 4 is 34.9 Å². The van der Waals surface area contributed by atoms with E-state index in [1.54, 1.807) is 35.7 Å². The molecule has 0 aliphatic carbocycles. The summed E-state index contributed by atoms with van der Waals surface area (Å²) in [5.41, 5.74) is 0.262. The van der Waals surface area contributed by atoms with Crippen molar-refractivity contribution in [2.45, 2.75) is 0 Å². The Morgan fingerprint density at radius 3 is 2.68 bits per heavy atom. The second-order valence-corrected chi connectivity index (χ2v) is 5.92. The van der Waals surface area contributed by atoms with Crippen molar-refractivity contribution in [3.8, 4) is 0 Å². The lowest BCUT2D eigenvalue weighted by Gasteiger charge is -2.10. The van der Waals surface area contributed by atoms with Crippen LogP contribution in [0.1, 0.15) is 15.4 Å². The summed E-state index contributed by atoms with van der Waals surface area (Å²) in [6, 6.07) is 12.2. The van der Waals surface area contributed by atoms with Gasteiger partial charge in [-0.1, -0.05) is 12.1 Å². The Kier molecular flexibility index (Phi) is 5.06. The summed E-state index contributed by atoms with van der Waals surface area (Å²) < 4.78 is 18.5. The molecule has 0 unspecified atom stereocenters. The van der Waals surface area contributed by atoms with Crippen molar-refractivity contribution in [2.75, 3.05) is 5.32 Å². The molecular formula is C18H13FN2O3S. The smallest absolute Gasteiger partial charge is 0.272 e. The number of hydrogen-bond acceptors (Lipinski definition) is 4. The Labute approximate surface area is 146 Å². The van der Waals surface area contributed by atoms with E-state index < -0.39 is 17.6 Å². The number of halogens is 1. The molecule has 0 fully saturated rings. The van der Waals surface area contributed by atoms with Crippen molar-refractivity contribution in [1.82, 2.24) is 5.32 Å². The molecule has 2 amide bonds. The normalized spacial score (nSPS) is 11.2. The minimum absolute atomic E-state index is 0.0161. The lowest BCUT2D eigenvalue weighted by atomic mass is 10.2. The molecule has 0 radical (unpaired) electrons. The number of carbonyl (C=O) groups excluding carboxylic acids is 2. The van der Waals surface area contributed by atoms with Gasteiger partial charge >= 0.3 is 0 Å². The molecule has 3 rings (SSSR count). The molecule has 126 valence electrons. The number of carbonyl (C=O) groups is 2. The van der Waals surface area contributed by atoms with Crippen LogP contribution in [-0.4, -0.2) is 11.8 Å². The van der Waals surface area contributed by atoms with Crippen molar-refractivity contribution in [2.24, 2.45) is 0 Å². The monoisotopic (exact) mass is 356 g/mol. The second kappa shape index (κ2) is 7.59. The Morgan fingerprint density at radius 2 is 2.00 bits per heavy atom. The summed E-state index contributed by atoms with van der Waals surface area (Å²) >= 11 is 1.25. The molecule has 5 nitrogen and oxygen atoms in total. The van der Waals surface area contributed by atoms with Crippen LogP contribution in [0.2, 0.25) is 0 Å². The van der Waals surface area contributed by atoms with Gasteiger partial charge in [0.15, 0.2) is 0 Å². The quantitative estimate of drug-likeness (QED) is 0.681. The molecule has 1 aromatic carbocycles. The highest BCUT2D eigenvalue weighted by Gasteiger charge is 2.16. The van der Waals surface area contributed by atoms with E-state index in [1.165, 1.54) is 41.9 Å². The van der Waals surface area contributed by atoms with Gasteiger partial charge < -0.3 is 15.1 Å². The van der Waals surface area contributed by atoms with Crippen molar-refractivity contribution < 1.29 is 18.4 Å². The SMILES string of the molecule is O=C(Nc1cccc(F)c1)/C(=C/c1ccco1)NC(=O)c1cccs1. The number of nitrogens with one attached hydrogen (secondary N) is 2. The highest BCUT2D eigenvalue weighted by Crippen LogP contribution is 2.14. The van der Waals surface area contributed by atoms with Gasteiger partial charge in [-0.05, 0) is 41.8 Å². The third-order valence-electron chi connectivity index (χ3n) is 3.15. The number of amides is 2. The van der Waals surface area contributed by atoms with Crippen LogP contribution in [0.15, 0.2) is 70.3 Å². The summed E-state index contributed by atoms with van der Waals surface area (Å²) in [5, 5.41) is 6.87. The first kappa shape index (κ1) is 16.7. The molecule has 0 saturated carbocycles. The van der Waals surface area contributed by atoms with Crippen molar-refractivity contribution in [3.63, 3.8) is 0 Å². The molecule has 0 aliphatic heterocycles. The third-order valence-corrected chi connectivity index (χ3v) is 4.02. The van der Waals surface area contributed by atoms with Gasteiger partial charge in [0.1, 0.15) is 17.3 Å². The van der Waals surface area contributed by atoms with E-state index in [1.807, 2.05) is 0 Å². The maximum absolute atomic E-state index is 13.3. The number of hydrogen-bond donors (Lipinski definition) is 2. The summed E-state index contributed by atoms with van der Waals surface area (Å²) in [5.74, 6) is -1.08. The molecule has 2 N–H and O–H groups in total. The molecule has 2 aromatic heterocycles. The minimum atomic E-state index is -0.591. The number of thiophene rings is 1. The Hall–Kier alpha value is -3.19. The van der Waals surface area contributed by atoms with Gasteiger partial charge in [-0.15, -0.1) is 11.3 Å². The van der Waals surface area contributed by atoms with Gasteiger partial charge in [0.05, 0.1) is 11.1 Å². The summed E-state index contributed by atoms with van der Waals surface area (Å²) in [4.78, 5) is 25.2. The minimum Gasteiger partial charge on any atom is -0.465 e. The Morgan fingerprint density at radius 1 is 1.12 bits per heavy atom. The average molecular weight is 356 g/mol. The van der Waals surface area contributed by atoms with Gasteiger partial charge in [0.25, 0.3) is 11.8 Å². The van der Waals surface area contributed by atoms with Crippen LogP contribution < -0.4 is 10.6 Å². The van der Waals surface area contributed by atoms with Crippen LogP contribution in [0.25, 0.3) is 6.08 Å². The number of anilines is 1. The highest BCUT2D eigenvalue weighted by atomic mass is 32.1. The standard InChI is InChI=1S/C18H13FN2O3S/c19-12-4-1-5-13(10-12)20-17(22)15(11-14-6-2-8-24-14)21-18(23)16-7-3-9-25-16/h1-11H,(H,20,22)(H,21,23)/b15-11-. The predicted octanol–water partition coefficient (Wildman–Crippen LogP) is 3.89. The van der Waals surface area contributed by atoms with Crippen LogP contribution in [0.4, 0.5) is 10.1 Å². The van der Waals surface area contributed by atoms with Crippen LogP contribution in [0.3, 0.4) is 0 Å². The van der Waals surface area contributed by atoms with Gasteiger partial charge in [0.2, 0.25) is 0 Å². The van der Waals surface area contributed by atoms with Crippen LogP contribution in [0, 0.1) is 5.82 Å². The fourth-order valence-corrected chi connectivity index (χ4v) is 2.65. The van der Waals surface area contributed by atoms with Gasteiger partial charge in [0, 0.05) is 11.8 Å². The molecule has 0 atom stereocenters. The Bertz CT molecular complexity index is 902. The molecule has 0 spiro atoms. The van der Waals surface area contributed by atoms with E-state index in [0.29, 0.717) is 10.6 Å². The first-order valence-corrected chi connectivity index (χ1v) is 8.17. The predicted molar refractivity (Wildman–Crippen MR) is 93.5 cm³/mol. The maximum atomic E-state index is 13.3. The van der Waals surface area contributed by atoms with E-state index in [-0.39, 0.29) is 11.4 Å². The average Bonchev–Trinajstić information content (AvgIpc) is 3.28. The summed E-state index contributed by atoms with van der Waals surface area (Å²) in [6.45, 7) is 0. The lowest BCUT2D eigenvalue weighted by Crippen LogP contribution is -2.30. The van der Waals surface area contributed by atoms with Crippen LogP contribution >= 0.6 is 11.3 Å². The zero-order valence-corrected chi connectivity index (χ0v) is 13.7. The second-order valence-electron chi connectivity index (χ2n) is 4.97. The highest BCUT2D eigenvalue weighted by molar-refractivity contribution is 7.12. The van der Waals surface area contributed by atoms with Crippen molar-refractivity contribution in [1.29, 1.82) is 0 Å². The molecule has 2 heterocycles. The molecule has 0 aliphatic rings. The zero-order valence-electron chi connectivity index (χ0n) is 12.9. The van der Waals surface area contributed by atoms with Crippen molar-refractivity contribution in [3.05, 3.63) is 82.3 Å². The zero-order chi connectivity index (χ0) is 17.6. The van der Waals surface area contributed by atoms with Gasteiger partial charge in [-0.3, -0.25) is 9.59 Å². The first-order valence-electron chi connectivity index (χ1n) is 7.29. The number of benzene rings is 1. The van der Waals surface area contributed by atoms with Gasteiger partial charge in [-0.25, -0.2) is 4.39 Å². The fraction of sp³-hybridized carbons (Fsp3) is 0. The maximum Gasteiger partial charge on any atom is 0.272 e. The van der Waals surface area contributed by atoms with Crippen LogP contribution in [0.5, 0.6) is 0 Å². The van der Waals surface area contributed by atoms with E-state index in [4.69, 9.17) is 4.42 Å². The summed E-state index contributed by atoms with van der Waals surface area (Å²) in [6.07, 6.45) is 2.86. The molecular weight excluding hydrogens is 343 g/mol. The molecule has 0 saturated heterocycles. The van der Waals surface area contributed by atoms with E-state index in [2.05, 4.69) is 10.6 Å². The van der Waals surface area contributed by atoms with E-state index in [9.17, 15) is 14.0 Å². The molecule has 0 bridgehead atoms. The third kappa shape index (κ3) is 4.42. The Balaban J connectivity index is 1.83. The first-order chi connectivity index (χ1) is 12.1. The topological polar surface area (TPSA) is 71.3 Å².